The fourth-order valence-electron chi connectivity index (χ4n) is 2.78. The van der Waals surface area contributed by atoms with Gasteiger partial charge in [0.25, 0.3) is 0 Å². The van der Waals surface area contributed by atoms with Crippen LogP contribution in [-0.4, -0.2) is 38.7 Å². The quantitative estimate of drug-likeness (QED) is 0.599. The van der Waals surface area contributed by atoms with Gasteiger partial charge in [-0.2, -0.15) is 0 Å². The van der Waals surface area contributed by atoms with Crippen LogP contribution in [0.4, 0.5) is 0 Å². The number of carbonyl (C=O) groups excluding carboxylic acids is 1. The molecule has 0 fully saturated rings. The van der Waals surface area contributed by atoms with Gasteiger partial charge in [-0.15, -0.1) is 0 Å². The van der Waals surface area contributed by atoms with E-state index in [0.29, 0.717) is 24.7 Å². The number of nitrogens with zero attached hydrogens (tertiary/aromatic N) is 1. The summed E-state index contributed by atoms with van der Waals surface area (Å²) in [5.41, 5.74) is 2.98. The maximum Gasteiger partial charge on any atom is 0.246 e. The molecule has 0 aliphatic carbocycles. The van der Waals surface area contributed by atoms with Crippen LogP contribution in [0.5, 0.6) is 17.2 Å². The molecule has 0 unspecified atom stereocenters. The molecule has 0 radical (unpaired) electrons. The number of methoxy groups -OCH3 is 2. The molecule has 0 saturated carbocycles. The first-order valence-corrected chi connectivity index (χ1v) is 9.36. The number of rotatable bonds is 9. The lowest BCUT2D eigenvalue weighted by Crippen LogP contribution is -2.24. The first kappa shape index (κ1) is 21.4. The Morgan fingerprint density at radius 3 is 2.43 bits per heavy atom. The van der Waals surface area contributed by atoms with Crippen LogP contribution in [0.3, 0.4) is 0 Å². The Morgan fingerprint density at radius 1 is 1.04 bits per heavy atom. The van der Waals surface area contributed by atoms with Gasteiger partial charge in [0.1, 0.15) is 5.75 Å². The largest absolute Gasteiger partial charge is 0.496 e. The average molecular weight is 383 g/mol. The molecule has 0 aliphatic heterocycles. The van der Waals surface area contributed by atoms with E-state index in [-0.39, 0.29) is 5.91 Å². The maximum atomic E-state index is 12.5. The van der Waals surface area contributed by atoms with Gasteiger partial charge in [-0.25, -0.2) is 0 Å². The third kappa shape index (κ3) is 5.78. The standard InChI is InChI=1S/C23H29NO4/c1-6-13-28-21-11-8-18(15-22(21)27-5)9-12-23(25)24(3)16-19-14-17(2)7-10-20(19)26-4/h7-12,14-15H,6,13,16H2,1-5H3/b12-9+. The summed E-state index contributed by atoms with van der Waals surface area (Å²) in [5, 5.41) is 0. The molecule has 5 heteroatoms. The zero-order valence-electron chi connectivity index (χ0n) is 17.3. The van der Waals surface area contributed by atoms with Gasteiger partial charge in [0.15, 0.2) is 11.5 Å². The maximum absolute atomic E-state index is 12.5. The van der Waals surface area contributed by atoms with E-state index in [4.69, 9.17) is 14.2 Å². The molecule has 0 bridgehead atoms. The zero-order valence-corrected chi connectivity index (χ0v) is 17.3. The summed E-state index contributed by atoms with van der Waals surface area (Å²) in [5.74, 6) is 2.05. The molecule has 150 valence electrons. The predicted molar refractivity (Wildman–Crippen MR) is 112 cm³/mol. The van der Waals surface area contributed by atoms with E-state index in [2.05, 4.69) is 6.92 Å². The molecule has 0 aromatic heterocycles. The molecule has 0 N–H and O–H groups in total. The zero-order chi connectivity index (χ0) is 20.5. The molecule has 2 aromatic carbocycles. The number of hydrogen-bond donors (Lipinski definition) is 0. The number of amides is 1. The highest BCUT2D eigenvalue weighted by molar-refractivity contribution is 5.91. The van der Waals surface area contributed by atoms with Gasteiger partial charge >= 0.3 is 0 Å². The van der Waals surface area contributed by atoms with Gasteiger partial charge in [0.2, 0.25) is 5.91 Å². The van der Waals surface area contributed by atoms with Crippen molar-refractivity contribution in [2.24, 2.45) is 0 Å². The highest BCUT2D eigenvalue weighted by atomic mass is 16.5. The van der Waals surface area contributed by atoms with Crippen LogP contribution < -0.4 is 14.2 Å². The van der Waals surface area contributed by atoms with E-state index in [1.165, 1.54) is 0 Å². The van der Waals surface area contributed by atoms with Crippen LogP contribution in [-0.2, 0) is 11.3 Å². The van der Waals surface area contributed by atoms with Crippen LogP contribution in [0, 0.1) is 6.92 Å². The Morgan fingerprint density at radius 2 is 1.75 bits per heavy atom. The minimum atomic E-state index is -0.0890. The summed E-state index contributed by atoms with van der Waals surface area (Å²) < 4.78 is 16.4. The molecule has 5 nitrogen and oxygen atoms in total. The van der Waals surface area contributed by atoms with Crippen LogP contribution in [0.1, 0.15) is 30.0 Å². The molecule has 0 heterocycles. The summed E-state index contributed by atoms with van der Waals surface area (Å²) in [6.45, 7) is 5.18. The smallest absolute Gasteiger partial charge is 0.246 e. The lowest BCUT2D eigenvalue weighted by atomic mass is 10.1. The van der Waals surface area contributed by atoms with Crippen molar-refractivity contribution in [1.29, 1.82) is 0 Å². The number of hydrogen-bond acceptors (Lipinski definition) is 4. The summed E-state index contributed by atoms with van der Waals surface area (Å²) in [7, 11) is 5.02. The van der Waals surface area contributed by atoms with Gasteiger partial charge in [-0.3, -0.25) is 4.79 Å². The molecule has 28 heavy (non-hydrogen) atoms. The van der Waals surface area contributed by atoms with Crippen molar-refractivity contribution in [2.75, 3.05) is 27.9 Å². The summed E-state index contributed by atoms with van der Waals surface area (Å²) in [6.07, 6.45) is 4.26. The monoisotopic (exact) mass is 383 g/mol. The van der Waals surface area contributed by atoms with Crippen molar-refractivity contribution in [2.45, 2.75) is 26.8 Å². The van der Waals surface area contributed by atoms with E-state index in [1.54, 1.807) is 38.3 Å². The Balaban J connectivity index is 2.07. The third-order valence-corrected chi connectivity index (χ3v) is 4.29. The first-order chi connectivity index (χ1) is 13.5. The fraction of sp³-hybridized carbons (Fsp3) is 0.348. The summed E-state index contributed by atoms with van der Waals surface area (Å²) in [4.78, 5) is 14.2. The highest BCUT2D eigenvalue weighted by Gasteiger charge is 2.11. The van der Waals surface area contributed by atoms with Gasteiger partial charge in [0, 0.05) is 25.2 Å². The van der Waals surface area contributed by atoms with Crippen LogP contribution in [0.15, 0.2) is 42.5 Å². The van der Waals surface area contributed by atoms with Crippen LogP contribution in [0.25, 0.3) is 6.08 Å². The molecule has 0 saturated heterocycles. The number of aryl methyl sites for hydroxylation is 1. The molecule has 2 rings (SSSR count). The minimum Gasteiger partial charge on any atom is -0.496 e. The SMILES string of the molecule is CCCOc1ccc(/C=C/C(=O)N(C)Cc2cc(C)ccc2OC)cc1OC. The number of benzene rings is 2. The van der Waals surface area contributed by atoms with Gasteiger partial charge < -0.3 is 19.1 Å². The Hall–Kier alpha value is -2.95. The Labute approximate surface area is 167 Å². The van der Waals surface area contributed by atoms with E-state index in [0.717, 1.165) is 28.9 Å². The highest BCUT2D eigenvalue weighted by Crippen LogP contribution is 2.28. The number of carbonyl (C=O) groups is 1. The van der Waals surface area contributed by atoms with Crippen molar-refractivity contribution in [3.8, 4) is 17.2 Å². The van der Waals surface area contributed by atoms with E-state index in [1.807, 2.05) is 43.3 Å². The van der Waals surface area contributed by atoms with Gasteiger partial charge in [-0.05, 0) is 43.2 Å². The molecule has 2 aromatic rings. The lowest BCUT2D eigenvalue weighted by Gasteiger charge is -2.18. The Bertz CT molecular complexity index is 829. The lowest BCUT2D eigenvalue weighted by molar-refractivity contribution is -0.125. The second kappa shape index (κ2) is 10.4. The first-order valence-electron chi connectivity index (χ1n) is 9.36. The average Bonchev–Trinajstić information content (AvgIpc) is 2.70. The molecule has 0 atom stereocenters. The molecule has 0 spiro atoms. The van der Waals surface area contributed by atoms with Crippen molar-refractivity contribution >= 4 is 12.0 Å². The van der Waals surface area contributed by atoms with Crippen molar-refractivity contribution in [3.05, 3.63) is 59.2 Å². The third-order valence-electron chi connectivity index (χ3n) is 4.29. The van der Waals surface area contributed by atoms with Gasteiger partial charge in [-0.1, -0.05) is 30.7 Å². The Kier molecular flexibility index (Phi) is 7.93. The second-order valence-corrected chi connectivity index (χ2v) is 6.60. The van der Waals surface area contributed by atoms with Gasteiger partial charge in [0.05, 0.1) is 20.8 Å². The number of likely N-dealkylation sites (N-methyl/N-ethyl adjacent to an activating group) is 1. The molecular formula is C23H29NO4. The minimum absolute atomic E-state index is 0.0890. The van der Waals surface area contributed by atoms with E-state index in [9.17, 15) is 4.79 Å². The predicted octanol–water partition coefficient (Wildman–Crippen LogP) is 4.47. The van der Waals surface area contributed by atoms with E-state index < -0.39 is 0 Å². The second-order valence-electron chi connectivity index (χ2n) is 6.60. The van der Waals surface area contributed by atoms with E-state index >= 15 is 0 Å². The van der Waals surface area contributed by atoms with Crippen molar-refractivity contribution in [1.82, 2.24) is 4.90 Å². The van der Waals surface area contributed by atoms with Crippen molar-refractivity contribution in [3.63, 3.8) is 0 Å². The fourth-order valence-corrected chi connectivity index (χ4v) is 2.78. The molecular weight excluding hydrogens is 354 g/mol. The molecule has 0 aliphatic rings. The number of ether oxygens (including phenoxy) is 3. The summed E-state index contributed by atoms with van der Waals surface area (Å²) >= 11 is 0. The van der Waals surface area contributed by atoms with Crippen LogP contribution in [0.2, 0.25) is 0 Å². The van der Waals surface area contributed by atoms with Crippen LogP contribution >= 0.6 is 0 Å². The normalized spacial score (nSPS) is 10.8. The topological polar surface area (TPSA) is 48.0 Å². The summed E-state index contributed by atoms with van der Waals surface area (Å²) in [6, 6.07) is 11.6. The molecule has 1 amide bonds. The van der Waals surface area contributed by atoms with Crippen molar-refractivity contribution < 1.29 is 19.0 Å².